The maximum absolute atomic E-state index is 12.1. The molecule has 0 heterocycles. The summed E-state index contributed by atoms with van der Waals surface area (Å²) in [6.07, 6.45) is 41.3. The molecule has 0 N–H and O–H groups in total. The molecule has 12 aromatic rings. The SMILES string of the molecule is CCCCCCCCCc1ccc(C#Cc2ccc(OC(F)F)cc2)cc1.CCCCCCCCc1ccc(C#Cc2ccc(OC(F)F)cc2)cc1.CCCCCCCc1ccc(C#Cc2ccc(OC(F)F)cc2)cc1.CCCCCCc1ccc(C#Cc2ccc(OC(F)F)cc2)cc1.CCCCCc1ccc(C#Cc2ccc(OC(F)F)cc2)cc1.CCCCc1ccc(C#Cc2ccc(OC(F)F)cc2)cc1. The fourth-order valence-electron chi connectivity index (χ4n) is 14.8. The third-order valence-electron chi connectivity index (χ3n) is 23.0. The Morgan fingerprint density at radius 3 is 0.374 bits per heavy atom. The minimum Gasteiger partial charge on any atom is -0.435 e. The van der Waals surface area contributed by atoms with Gasteiger partial charge in [0.05, 0.1) is 0 Å². The van der Waals surface area contributed by atoms with Crippen LogP contribution in [0.15, 0.2) is 291 Å². The summed E-state index contributed by atoms with van der Waals surface area (Å²) in [5.74, 6) is 37.6. The third-order valence-corrected chi connectivity index (χ3v) is 23.0. The van der Waals surface area contributed by atoms with E-state index in [4.69, 9.17) is 0 Å². The number of hydrogen-bond acceptors (Lipinski definition) is 6. The highest BCUT2D eigenvalue weighted by atomic mass is 19.3. The second kappa shape index (κ2) is 73.9. The Bertz CT molecular complexity index is 5950. The second-order valence-corrected chi connectivity index (χ2v) is 35.0. The molecule has 147 heavy (non-hydrogen) atoms. The Labute approximate surface area is 866 Å². The quantitative estimate of drug-likeness (QED) is 0.0215. The Kier molecular flexibility index (Phi) is 60.3. The largest absolute Gasteiger partial charge is 0.435 e. The molecule has 0 radical (unpaired) electrons. The number of unbranched alkanes of at least 4 members (excludes halogenated alkanes) is 21. The van der Waals surface area contributed by atoms with Gasteiger partial charge in [0.15, 0.2) is 0 Å². The van der Waals surface area contributed by atoms with Crippen LogP contribution in [-0.4, -0.2) is 39.7 Å². The molecular formula is C129H138F12O6. The molecule has 0 saturated heterocycles. The summed E-state index contributed by atoms with van der Waals surface area (Å²) >= 11 is 0. The molecule has 0 saturated carbocycles. The zero-order valence-corrected chi connectivity index (χ0v) is 85.5. The minimum atomic E-state index is -2.80. The normalized spacial score (nSPS) is 10.4. The first kappa shape index (κ1) is 120. The molecule has 0 aliphatic carbocycles. The van der Waals surface area contributed by atoms with Crippen molar-refractivity contribution in [3.63, 3.8) is 0 Å². The van der Waals surface area contributed by atoms with Gasteiger partial charge in [0.25, 0.3) is 0 Å². The molecule has 0 aromatic heterocycles. The summed E-state index contributed by atoms with van der Waals surface area (Å²) in [4.78, 5) is 0. The summed E-state index contributed by atoms with van der Waals surface area (Å²) in [5, 5.41) is 0. The summed E-state index contributed by atoms with van der Waals surface area (Å²) in [6.45, 7) is -3.52. The number of aryl methyl sites for hydroxylation is 6. The van der Waals surface area contributed by atoms with Crippen molar-refractivity contribution >= 4 is 0 Å². The fourth-order valence-corrected chi connectivity index (χ4v) is 14.8. The van der Waals surface area contributed by atoms with Crippen molar-refractivity contribution in [2.75, 3.05) is 0 Å². The Morgan fingerprint density at radius 2 is 0.238 bits per heavy atom. The van der Waals surface area contributed by atoms with Crippen molar-refractivity contribution in [3.05, 3.63) is 391 Å². The van der Waals surface area contributed by atoms with Crippen LogP contribution >= 0.6 is 0 Å². The van der Waals surface area contributed by atoms with E-state index in [1.807, 2.05) is 72.8 Å². The van der Waals surface area contributed by atoms with Crippen LogP contribution < -0.4 is 28.4 Å². The molecule has 0 aliphatic rings. The van der Waals surface area contributed by atoms with Crippen LogP contribution in [-0.2, 0) is 38.5 Å². The van der Waals surface area contributed by atoms with Crippen LogP contribution in [0.1, 0.15) is 315 Å². The molecule has 0 unspecified atom stereocenters. The Hall–Kier alpha value is -14.0. The second-order valence-electron chi connectivity index (χ2n) is 35.0. The third kappa shape index (κ3) is 56.3. The van der Waals surface area contributed by atoms with Crippen molar-refractivity contribution < 1.29 is 81.1 Å². The number of rotatable bonds is 45. The lowest BCUT2D eigenvalue weighted by Gasteiger charge is -2.03. The van der Waals surface area contributed by atoms with Crippen LogP contribution in [0.25, 0.3) is 0 Å². The van der Waals surface area contributed by atoms with Gasteiger partial charge in [-0.1, -0.05) is 320 Å². The Balaban J connectivity index is 0.000000239. The summed E-state index contributed by atoms with van der Waals surface area (Å²) in [5.41, 5.74) is 18.3. The first-order chi connectivity index (χ1) is 71.5. The smallest absolute Gasteiger partial charge is 0.387 e. The Morgan fingerprint density at radius 1 is 0.136 bits per heavy atom. The van der Waals surface area contributed by atoms with Crippen molar-refractivity contribution in [2.24, 2.45) is 0 Å². The summed E-state index contributed by atoms with van der Waals surface area (Å²) < 4.78 is 171. The van der Waals surface area contributed by atoms with E-state index in [9.17, 15) is 52.7 Å². The molecule has 0 aliphatic heterocycles. The van der Waals surface area contributed by atoms with E-state index in [0.717, 1.165) is 105 Å². The van der Waals surface area contributed by atoms with Gasteiger partial charge in [0.1, 0.15) is 34.5 Å². The number of ether oxygens (including phenoxy) is 6. The van der Waals surface area contributed by atoms with Crippen LogP contribution in [0.4, 0.5) is 52.7 Å². The van der Waals surface area contributed by atoms with Crippen LogP contribution in [0.3, 0.4) is 0 Å². The molecule has 0 amide bonds. The van der Waals surface area contributed by atoms with Crippen LogP contribution in [0, 0.1) is 71.0 Å². The fraction of sp³-hybridized carbons (Fsp3) is 0.349. The summed E-state index contributed by atoms with van der Waals surface area (Å²) in [7, 11) is 0. The lowest BCUT2D eigenvalue weighted by molar-refractivity contribution is -0.0505. The molecule has 0 spiro atoms. The predicted octanol–water partition coefficient (Wildman–Crippen LogP) is 36.0. The monoisotopic (exact) mass is 2010 g/mol. The number of hydrogen-bond donors (Lipinski definition) is 0. The van der Waals surface area contributed by atoms with Gasteiger partial charge in [-0.25, -0.2) is 0 Å². The van der Waals surface area contributed by atoms with Crippen molar-refractivity contribution in [1.82, 2.24) is 0 Å². The highest BCUT2D eigenvalue weighted by Gasteiger charge is 2.11. The lowest BCUT2D eigenvalue weighted by atomic mass is 10.0. The predicted molar refractivity (Wildman–Crippen MR) is 574 cm³/mol. The van der Waals surface area contributed by atoms with E-state index in [1.165, 1.54) is 280 Å². The molecule has 0 fully saturated rings. The minimum absolute atomic E-state index is 0.140. The van der Waals surface area contributed by atoms with Crippen molar-refractivity contribution in [3.8, 4) is 106 Å². The van der Waals surface area contributed by atoms with Gasteiger partial charge in [-0.2, -0.15) is 52.7 Å². The van der Waals surface area contributed by atoms with E-state index in [-0.39, 0.29) is 34.5 Å². The van der Waals surface area contributed by atoms with E-state index >= 15 is 0 Å². The van der Waals surface area contributed by atoms with Gasteiger partial charge in [0.2, 0.25) is 0 Å². The maximum Gasteiger partial charge on any atom is 0.387 e. The van der Waals surface area contributed by atoms with Gasteiger partial charge >= 0.3 is 39.7 Å². The standard InChI is InChI=1S/C24H28F2O.C23H26F2O.C22H24F2O.C21H22F2O.C20H20F2O.C19H18F2O/c1-2-3-4-5-6-7-8-9-20-10-12-21(13-11-20)14-15-22-16-18-23(19-17-22)27-24(25)26;1-2-3-4-5-6-7-8-19-9-11-20(12-10-19)13-14-21-15-17-22(18-16-21)26-23(24)25;1-2-3-4-5-6-7-18-8-10-19(11-9-18)12-13-20-14-16-21(17-15-20)25-22(23)24;1-2-3-4-5-6-17-7-9-18(10-8-17)11-12-19-13-15-20(16-14-19)24-21(22)23;1-2-3-4-5-16-6-8-17(9-7-16)10-11-18-12-14-19(15-13-18)23-20(21)22;1-2-3-4-15-5-7-16(8-6-15)9-10-17-11-13-18(14-12-17)22-19(20)21/h10-13,16-19,24H,2-9H2,1H3;9-12,15-18,23H,2-8H2,1H3;8-11,14-17,22H,2-7H2,1H3;7-10,13-16,21H,2-6H2,1H3;6-9,12-15,20H,2-5H2,1H3;5-8,11-14,19H,2-4H2,1H3. The first-order valence-electron chi connectivity index (χ1n) is 51.5. The van der Waals surface area contributed by atoms with Crippen LogP contribution in [0.5, 0.6) is 34.5 Å². The molecule has 0 atom stereocenters. The molecular weight excluding hydrogens is 1870 g/mol. The van der Waals surface area contributed by atoms with Crippen molar-refractivity contribution in [1.29, 1.82) is 0 Å². The van der Waals surface area contributed by atoms with E-state index in [0.29, 0.717) is 0 Å². The van der Waals surface area contributed by atoms with Gasteiger partial charge in [0, 0.05) is 66.8 Å². The van der Waals surface area contributed by atoms with Gasteiger partial charge < -0.3 is 28.4 Å². The number of benzene rings is 12. The maximum atomic E-state index is 12.1. The zero-order valence-electron chi connectivity index (χ0n) is 85.5. The number of alkyl halides is 12. The number of halogens is 12. The van der Waals surface area contributed by atoms with Gasteiger partial charge in [-0.15, -0.1) is 0 Å². The molecule has 6 nitrogen and oxygen atoms in total. The van der Waals surface area contributed by atoms with E-state index in [2.05, 4.69) is 214 Å². The van der Waals surface area contributed by atoms with Gasteiger partial charge in [-0.05, 0) is 329 Å². The first-order valence-corrected chi connectivity index (χ1v) is 51.5. The molecule has 18 heteroatoms. The lowest BCUT2D eigenvalue weighted by Crippen LogP contribution is -2.01. The highest BCUT2D eigenvalue weighted by molar-refractivity contribution is 5.52. The van der Waals surface area contributed by atoms with Crippen LogP contribution in [0.2, 0.25) is 0 Å². The highest BCUT2D eigenvalue weighted by Crippen LogP contribution is 2.25. The average molecular weight is 2010 g/mol. The van der Waals surface area contributed by atoms with Gasteiger partial charge in [-0.3, -0.25) is 0 Å². The van der Waals surface area contributed by atoms with E-state index < -0.39 is 39.7 Å². The summed E-state index contributed by atoms with van der Waals surface area (Å²) in [6, 6.07) is 87.8. The molecule has 774 valence electrons. The topological polar surface area (TPSA) is 55.4 Å². The zero-order chi connectivity index (χ0) is 105. The van der Waals surface area contributed by atoms with Crippen molar-refractivity contribution in [2.45, 2.75) is 293 Å². The molecule has 0 bridgehead atoms. The average Bonchev–Trinajstić information content (AvgIpc) is 0.895. The molecule has 12 rings (SSSR count). The molecule has 12 aromatic carbocycles. The van der Waals surface area contributed by atoms with E-state index in [1.54, 1.807) is 72.8 Å².